The van der Waals surface area contributed by atoms with E-state index in [1.165, 1.54) is 31.4 Å². The molecular formula is C14H27N5S. The van der Waals surface area contributed by atoms with Crippen LogP contribution in [0.15, 0.2) is 0 Å². The fraction of sp³-hybridized carbons (Fsp3) is 0.714. The fourth-order valence-corrected chi connectivity index (χ4v) is 2.46. The molecule has 1 aromatic rings. The number of nitrogen functional groups attached to an aromatic ring is 1. The van der Waals surface area contributed by atoms with Gasteiger partial charge >= 0.3 is 0 Å². The van der Waals surface area contributed by atoms with Gasteiger partial charge in [0.05, 0.1) is 0 Å². The van der Waals surface area contributed by atoms with Crippen LogP contribution >= 0.6 is 11.8 Å². The molecule has 114 valence electrons. The third-order valence-corrected chi connectivity index (χ3v) is 3.91. The van der Waals surface area contributed by atoms with Gasteiger partial charge in [-0.05, 0) is 31.8 Å². The van der Waals surface area contributed by atoms with Crippen molar-refractivity contribution in [2.75, 3.05) is 29.3 Å². The van der Waals surface area contributed by atoms with Gasteiger partial charge in [-0.1, -0.05) is 19.8 Å². The van der Waals surface area contributed by atoms with Gasteiger partial charge in [0.15, 0.2) is 0 Å². The van der Waals surface area contributed by atoms with Crippen molar-refractivity contribution in [3.05, 3.63) is 11.4 Å². The highest BCUT2D eigenvalue weighted by molar-refractivity contribution is 7.98. The third-order valence-electron chi connectivity index (χ3n) is 3.21. The number of thioether (sulfide) groups is 1. The van der Waals surface area contributed by atoms with Crippen LogP contribution in [0.25, 0.3) is 0 Å². The molecule has 0 unspecified atom stereocenters. The van der Waals surface area contributed by atoms with Crippen molar-refractivity contribution in [1.29, 1.82) is 0 Å². The summed E-state index contributed by atoms with van der Waals surface area (Å²) in [5.74, 6) is 9.18. The van der Waals surface area contributed by atoms with E-state index in [2.05, 4.69) is 27.0 Å². The van der Waals surface area contributed by atoms with Crippen LogP contribution in [-0.4, -0.2) is 28.5 Å². The van der Waals surface area contributed by atoms with Gasteiger partial charge in [0, 0.05) is 18.5 Å². The van der Waals surface area contributed by atoms with Crippen molar-refractivity contribution in [1.82, 2.24) is 9.97 Å². The summed E-state index contributed by atoms with van der Waals surface area (Å²) in [6.45, 7) is 4.97. The molecule has 0 radical (unpaired) electrons. The van der Waals surface area contributed by atoms with E-state index in [9.17, 15) is 0 Å². The fourth-order valence-electron chi connectivity index (χ4n) is 1.97. The van der Waals surface area contributed by atoms with E-state index in [1.807, 2.05) is 25.6 Å². The molecule has 4 N–H and O–H groups in total. The maximum atomic E-state index is 5.50. The molecule has 0 bridgehead atoms. The van der Waals surface area contributed by atoms with E-state index in [0.29, 0.717) is 5.82 Å². The van der Waals surface area contributed by atoms with E-state index >= 15 is 0 Å². The van der Waals surface area contributed by atoms with Gasteiger partial charge in [0.2, 0.25) is 0 Å². The number of unbranched alkanes of at least 4 members (excludes halogenated alkanes) is 3. The topological polar surface area (TPSA) is 75.9 Å². The van der Waals surface area contributed by atoms with Gasteiger partial charge in [0.1, 0.15) is 17.5 Å². The highest BCUT2D eigenvalue weighted by atomic mass is 32.2. The summed E-state index contributed by atoms with van der Waals surface area (Å²) >= 11 is 1.92. The third kappa shape index (κ3) is 5.54. The first kappa shape index (κ1) is 17.0. The van der Waals surface area contributed by atoms with Crippen LogP contribution in [0.3, 0.4) is 0 Å². The molecule has 0 aromatic carbocycles. The number of nitrogens with two attached hydrogens (primary N) is 1. The Morgan fingerprint density at radius 1 is 1.10 bits per heavy atom. The van der Waals surface area contributed by atoms with E-state index in [0.717, 1.165) is 30.2 Å². The Morgan fingerprint density at radius 2 is 1.80 bits per heavy atom. The summed E-state index contributed by atoms with van der Waals surface area (Å²) < 4.78 is 0. The minimum absolute atomic E-state index is 0.708. The van der Waals surface area contributed by atoms with Gasteiger partial charge in [-0.2, -0.15) is 11.8 Å². The average Bonchev–Trinajstić information content (AvgIpc) is 2.47. The van der Waals surface area contributed by atoms with Gasteiger partial charge in [-0.15, -0.1) is 0 Å². The van der Waals surface area contributed by atoms with Crippen LogP contribution in [0.1, 0.15) is 44.0 Å². The summed E-state index contributed by atoms with van der Waals surface area (Å²) in [6, 6.07) is 0. The zero-order valence-electron chi connectivity index (χ0n) is 12.8. The van der Waals surface area contributed by atoms with Crippen molar-refractivity contribution in [2.45, 2.75) is 46.0 Å². The first-order chi connectivity index (χ1) is 9.72. The second-order valence-corrected chi connectivity index (χ2v) is 5.78. The predicted molar refractivity (Wildman–Crippen MR) is 89.3 cm³/mol. The Kier molecular flexibility index (Phi) is 8.37. The zero-order valence-corrected chi connectivity index (χ0v) is 13.6. The normalized spacial score (nSPS) is 10.6. The lowest BCUT2D eigenvalue weighted by Crippen LogP contribution is -2.15. The zero-order chi connectivity index (χ0) is 14.8. The number of anilines is 2. The lowest BCUT2D eigenvalue weighted by Gasteiger charge is -2.13. The van der Waals surface area contributed by atoms with Crippen LogP contribution in [0, 0.1) is 6.92 Å². The van der Waals surface area contributed by atoms with Crippen molar-refractivity contribution < 1.29 is 0 Å². The summed E-state index contributed by atoms with van der Waals surface area (Å²) in [4.78, 5) is 8.88. The molecule has 5 nitrogen and oxygen atoms in total. The molecule has 0 aliphatic rings. The number of nitrogens with zero attached hydrogens (tertiary/aromatic N) is 2. The van der Waals surface area contributed by atoms with Crippen molar-refractivity contribution in [3.8, 4) is 0 Å². The number of aryl methyl sites for hydroxylation is 1. The Labute approximate surface area is 126 Å². The van der Waals surface area contributed by atoms with Crippen molar-refractivity contribution in [2.24, 2.45) is 5.84 Å². The molecule has 1 heterocycles. The highest BCUT2D eigenvalue weighted by Gasteiger charge is 2.08. The molecule has 0 saturated heterocycles. The number of hydrogen-bond donors (Lipinski definition) is 3. The molecule has 0 aliphatic carbocycles. The second-order valence-electron chi connectivity index (χ2n) is 4.79. The van der Waals surface area contributed by atoms with E-state index in [4.69, 9.17) is 5.84 Å². The maximum absolute atomic E-state index is 5.50. The number of hydrogen-bond acceptors (Lipinski definition) is 6. The lowest BCUT2D eigenvalue weighted by atomic mass is 10.2. The van der Waals surface area contributed by atoms with Gasteiger partial charge in [-0.25, -0.2) is 15.8 Å². The van der Waals surface area contributed by atoms with Crippen molar-refractivity contribution >= 4 is 23.4 Å². The van der Waals surface area contributed by atoms with E-state index in [-0.39, 0.29) is 0 Å². The smallest absolute Gasteiger partial charge is 0.148 e. The summed E-state index contributed by atoms with van der Waals surface area (Å²) in [7, 11) is 0. The first-order valence-electron chi connectivity index (χ1n) is 7.29. The average molecular weight is 297 g/mol. The molecule has 1 rings (SSSR count). The molecular weight excluding hydrogens is 270 g/mol. The Balaban J connectivity index is 2.43. The molecule has 0 saturated carbocycles. The summed E-state index contributed by atoms with van der Waals surface area (Å²) in [6.07, 6.45) is 8.02. The van der Waals surface area contributed by atoms with Crippen LogP contribution in [0.4, 0.5) is 11.6 Å². The quantitative estimate of drug-likeness (QED) is 0.350. The van der Waals surface area contributed by atoms with Crippen LogP contribution in [0.5, 0.6) is 0 Å². The number of rotatable bonds is 10. The first-order valence-corrected chi connectivity index (χ1v) is 8.69. The minimum Gasteiger partial charge on any atom is -0.370 e. The molecule has 0 spiro atoms. The number of aromatic nitrogens is 2. The molecule has 1 aromatic heterocycles. The number of nitrogens with one attached hydrogen (secondary N) is 2. The molecule has 0 amide bonds. The molecule has 0 atom stereocenters. The largest absolute Gasteiger partial charge is 0.370 e. The lowest BCUT2D eigenvalue weighted by molar-refractivity contribution is 0.687. The van der Waals surface area contributed by atoms with Crippen molar-refractivity contribution in [3.63, 3.8) is 0 Å². The van der Waals surface area contributed by atoms with E-state index in [1.54, 1.807) is 0 Å². The highest BCUT2D eigenvalue weighted by Crippen LogP contribution is 2.19. The second kappa shape index (κ2) is 9.83. The van der Waals surface area contributed by atoms with Gasteiger partial charge < -0.3 is 10.7 Å². The SMILES string of the molecule is CCc1nc(NN)c(C)c(NCCCCCCSC)n1. The Morgan fingerprint density at radius 3 is 2.45 bits per heavy atom. The molecule has 6 heteroatoms. The Hall–Kier alpha value is -1.01. The van der Waals surface area contributed by atoms with Crippen LogP contribution in [-0.2, 0) is 6.42 Å². The van der Waals surface area contributed by atoms with Crippen LogP contribution < -0.4 is 16.6 Å². The Bertz CT molecular complexity index is 397. The number of hydrazine groups is 1. The van der Waals surface area contributed by atoms with E-state index < -0.39 is 0 Å². The minimum atomic E-state index is 0.708. The summed E-state index contributed by atoms with van der Waals surface area (Å²) in [5, 5.41) is 3.40. The molecule has 0 fully saturated rings. The molecule has 20 heavy (non-hydrogen) atoms. The van der Waals surface area contributed by atoms with Gasteiger partial charge in [0.25, 0.3) is 0 Å². The van der Waals surface area contributed by atoms with Gasteiger partial charge in [-0.3, -0.25) is 0 Å². The standard InChI is InChI=1S/C14H27N5S/c1-4-12-17-13(11(2)14(18-12)19-15)16-9-7-5-6-8-10-20-3/h4-10,15H2,1-3H3,(H2,16,17,18,19). The predicted octanol–water partition coefficient (Wildman–Crippen LogP) is 2.97. The molecule has 0 aliphatic heterocycles. The monoisotopic (exact) mass is 297 g/mol. The van der Waals surface area contributed by atoms with Crippen LogP contribution in [0.2, 0.25) is 0 Å². The maximum Gasteiger partial charge on any atom is 0.148 e. The summed E-state index contributed by atoms with van der Waals surface area (Å²) in [5.41, 5.74) is 3.62.